The first kappa shape index (κ1) is 17.7. The molecular weight excluding hydrogens is 338 g/mol. The Balaban J connectivity index is 1.98. The highest BCUT2D eigenvalue weighted by Crippen LogP contribution is 2.36. The van der Waals surface area contributed by atoms with Gasteiger partial charge in [-0.1, -0.05) is 6.92 Å². The van der Waals surface area contributed by atoms with Gasteiger partial charge in [-0.05, 0) is 43.7 Å². The van der Waals surface area contributed by atoms with Crippen LogP contribution < -0.4 is 9.64 Å². The highest BCUT2D eigenvalue weighted by Gasteiger charge is 2.35. The minimum Gasteiger partial charge on any atom is -0.478 e. The number of hydrogen-bond donors (Lipinski definition) is 0. The van der Waals surface area contributed by atoms with Gasteiger partial charge >= 0.3 is 5.97 Å². The first-order valence-corrected chi connectivity index (χ1v) is 8.41. The molecule has 1 aromatic heterocycles. The number of esters is 1. The van der Waals surface area contributed by atoms with Crippen LogP contribution >= 0.6 is 0 Å². The third kappa shape index (κ3) is 3.33. The van der Waals surface area contributed by atoms with E-state index in [0.29, 0.717) is 23.4 Å². The fourth-order valence-electron chi connectivity index (χ4n) is 2.77. The summed E-state index contributed by atoms with van der Waals surface area (Å²) in [7, 11) is 0. The second-order valence-corrected chi connectivity index (χ2v) is 5.73. The Morgan fingerprint density at radius 3 is 2.69 bits per heavy atom. The normalized spacial score (nSPS) is 16.0. The van der Waals surface area contributed by atoms with E-state index in [1.807, 2.05) is 6.92 Å². The molecule has 2 aromatic rings. The van der Waals surface area contributed by atoms with Crippen molar-refractivity contribution in [1.82, 2.24) is 0 Å². The minimum absolute atomic E-state index is 0.191. The van der Waals surface area contributed by atoms with Crippen molar-refractivity contribution in [2.45, 2.75) is 26.4 Å². The van der Waals surface area contributed by atoms with E-state index in [1.165, 1.54) is 17.2 Å². The molecule has 1 aromatic carbocycles. The number of amides is 1. The molecule has 0 saturated carbocycles. The number of carbonyl (C=O) groups excluding carboxylic acids is 3. The fourth-order valence-corrected chi connectivity index (χ4v) is 2.77. The van der Waals surface area contributed by atoms with E-state index in [9.17, 15) is 14.4 Å². The van der Waals surface area contributed by atoms with Gasteiger partial charge in [0.1, 0.15) is 12.3 Å². The molecule has 0 radical (unpaired) electrons. The Hall–Kier alpha value is -3.09. The average Bonchev–Trinajstić information content (AvgIpc) is 3.17. The molecule has 136 valence electrons. The minimum atomic E-state index is -0.677. The van der Waals surface area contributed by atoms with Gasteiger partial charge in [0.15, 0.2) is 11.9 Å². The molecule has 1 aliphatic rings. The first-order chi connectivity index (χ1) is 12.5. The van der Waals surface area contributed by atoms with Crippen molar-refractivity contribution in [1.29, 1.82) is 0 Å². The predicted molar refractivity (Wildman–Crippen MR) is 92.3 cm³/mol. The molecule has 0 unspecified atom stereocenters. The fraction of sp³-hybridized carbons (Fsp3) is 0.316. The second kappa shape index (κ2) is 7.43. The van der Waals surface area contributed by atoms with Gasteiger partial charge in [-0.3, -0.25) is 19.3 Å². The molecule has 3 rings (SSSR count). The number of fused-ring (bicyclic) bond motifs is 1. The van der Waals surface area contributed by atoms with E-state index >= 15 is 0 Å². The van der Waals surface area contributed by atoms with E-state index in [0.717, 1.165) is 0 Å². The quantitative estimate of drug-likeness (QED) is 0.583. The molecule has 7 nitrogen and oxygen atoms in total. The predicted octanol–water partition coefficient (Wildman–Crippen LogP) is 2.58. The second-order valence-electron chi connectivity index (χ2n) is 5.73. The third-order valence-electron chi connectivity index (χ3n) is 4.03. The van der Waals surface area contributed by atoms with E-state index < -0.39 is 12.1 Å². The van der Waals surface area contributed by atoms with Crippen LogP contribution in [-0.2, 0) is 14.3 Å². The van der Waals surface area contributed by atoms with Crippen LogP contribution in [-0.4, -0.2) is 36.9 Å². The Kier molecular flexibility index (Phi) is 5.06. The Bertz CT molecular complexity index is 827. The monoisotopic (exact) mass is 357 g/mol. The summed E-state index contributed by atoms with van der Waals surface area (Å²) in [5.41, 5.74) is 0.698. The zero-order valence-corrected chi connectivity index (χ0v) is 14.6. The summed E-state index contributed by atoms with van der Waals surface area (Å²) >= 11 is 0. The van der Waals surface area contributed by atoms with E-state index in [1.54, 1.807) is 31.2 Å². The molecule has 7 heteroatoms. The lowest BCUT2D eigenvalue weighted by Gasteiger charge is -2.33. The van der Waals surface area contributed by atoms with Crippen LogP contribution in [0.3, 0.4) is 0 Å². The number of hydrogen-bond acceptors (Lipinski definition) is 6. The summed E-state index contributed by atoms with van der Waals surface area (Å²) < 4.78 is 15.8. The highest BCUT2D eigenvalue weighted by atomic mass is 16.5. The van der Waals surface area contributed by atoms with Gasteiger partial charge in [0, 0.05) is 5.56 Å². The van der Waals surface area contributed by atoms with Crippen LogP contribution in [0.2, 0.25) is 0 Å². The van der Waals surface area contributed by atoms with Crippen LogP contribution in [0.1, 0.15) is 36.4 Å². The summed E-state index contributed by atoms with van der Waals surface area (Å²) in [6.45, 7) is 3.50. The maximum Gasteiger partial charge on any atom is 0.326 e. The van der Waals surface area contributed by atoms with Crippen LogP contribution in [0.15, 0.2) is 41.0 Å². The standard InChI is InChI=1S/C19H19NO6/c1-3-14-19(23)20(11-17(21)24-4-2)13-10-12(7-8-15(13)26-14)18(22)16-6-5-9-25-16/h5-10,14H,3-4,11H2,1-2H3/t14-/m1/s1. The van der Waals surface area contributed by atoms with Crippen LogP contribution in [0.4, 0.5) is 5.69 Å². The summed E-state index contributed by atoms with van der Waals surface area (Å²) in [4.78, 5) is 38.4. The lowest BCUT2D eigenvalue weighted by molar-refractivity contribution is -0.143. The zero-order chi connectivity index (χ0) is 18.7. The number of ether oxygens (including phenoxy) is 2. The number of ketones is 1. The Morgan fingerprint density at radius 2 is 2.04 bits per heavy atom. The van der Waals surface area contributed by atoms with Gasteiger partial charge in [-0.2, -0.15) is 0 Å². The van der Waals surface area contributed by atoms with Crippen LogP contribution in [0, 0.1) is 0 Å². The lowest BCUT2D eigenvalue weighted by Crippen LogP contribution is -2.48. The SMILES string of the molecule is CCOC(=O)CN1C(=O)[C@@H](CC)Oc2ccc(C(=O)c3ccco3)cc21. The summed E-state index contributed by atoms with van der Waals surface area (Å²) in [5, 5.41) is 0. The topological polar surface area (TPSA) is 86.0 Å². The van der Waals surface area contributed by atoms with Crippen molar-refractivity contribution in [2.75, 3.05) is 18.1 Å². The number of anilines is 1. The number of rotatable bonds is 6. The number of carbonyl (C=O) groups is 3. The van der Waals surface area contributed by atoms with Crippen molar-refractivity contribution < 1.29 is 28.3 Å². The molecule has 0 N–H and O–H groups in total. The Morgan fingerprint density at radius 1 is 1.23 bits per heavy atom. The molecule has 26 heavy (non-hydrogen) atoms. The van der Waals surface area contributed by atoms with Crippen LogP contribution in [0.5, 0.6) is 5.75 Å². The molecular formula is C19H19NO6. The zero-order valence-electron chi connectivity index (χ0n) is 14.6. The van der Waals surface area contributed by atoms with Crippen molar-refractivity contribution in [2.24, 2.45) is 0 Å². The molecule has 0 spiro atoms. The number of furan rings is 1. The largest absolute Gasteiger partial charge is 0.478 e. The summed E-state index contributed by atoms with van der Waals surface area (Å²) in [6, 6.07) is 7.95. The van der Waals surface area contributed by atoms with Gasteiger partial charge < -0.3 is 13.9 Å². The molecule has 0 aliphatic carbocycles. The van der Waals surface area contributed by atoms with E-state index in [4.69, 9.17) is 13.9 Å². The van der Waals surface area contributed by atoms with Crippen molar-refractivity contribution in [3.63, 3.8) is 0 Å². The van der Waals surface area contributed by atoms with Gasteiger partial charge in [0.25, 0.3) is 5.91 Å². The van der Waals surface area contributed by atoms with Gasteiger partial charge in [0.2, 0.25) is 5.78 Å². The third-order valence-corrected chi connectivity index (χ3v) is 4.03. The van der Waals surface area contributed by atoms with E-state index in [-0.39, 0.29) is 30.6 Å². The maximum atomic E-state index is 12.7. The molecule has 1 atom stereocenters. The molecule has 2 heterocycles. The molecule has 1 amide bonds. The van der Waals surface area contributed by atoms with Crippen molar-refractivity contribution in [3.8, 4) is 5.75 Å². The van der Waals surface area contributed by atoms with Gasteiger partial charge in [-0.15, -0.1) is 0 Å². The van der Waals surface area contributed by atoms with Gasteiger partial charge in [0.05, 0.1) is 18.6 Å². The smallest absolute Gasteiger partial charge is 0.326 e. The highest BCUT2D eigenvalue weighted by molar-refractivity contribution is 6.09. The van der Waals surface area contributed by atoms with Crippen molar-refractivity contribution in [3.05, 3.63) is 47.9 Å². The average molecular weight is 357 g/mol. The molecule has 0 fully saturated rings. The van der Waals surface area contributed by atoms with Crippen molar-refractivity contribution >= 4 is 23.3 Å². The summed E-state index contributed by atoms with van der Waals surface area (Å²) in [5.74, 6) is -0.547. The first-order valence-electron chi connectivity index (χ1n) is 8.41. The van der Waals surface area contributed by atoms with Crippen LogP contribution in [0.25, 0.3) is 0 Å². The molecule has 1 aliphatic heterocycles. The van der Waals surface area contributed by atoms with E-state index in [2.05, 4.69) is 0 Å². The lowest BCUT2D eigenvalue weighted by atomic mass is 10.0. The number of benzene rings is 1. The Labute approximate surface area is 150 Å². The van der Waals surface area contributed by atoms with Gasteiger partial charge in [-0.25, -0.2) is 0 Å². The summed E-state index contributed by atoms with van der Waals surface area (Å²) in [6.07, 6.45) is 1.20. The number of nitrogens with zero attached hydrogens (tertiary/aromatic N) is 1. The maximum absolute atomic E-state index is 12.7. The molecule has 0 saturated heterocycles. The molecule has 0 bridgehead atoms.